The van der Waals surface area contributed by atoms with Gasteiger partial charge < -0.3 is 9.52 Å². The lowest BCUT2D eigenvalue weighted by Crippen LogP contribution is -1.97. The Hall–Kier alpha value is -1.32. The largest absolute Gasteiger partial charge is 0.481 e. The van der Waals surface area contributed by atoms with Crippen LogP contribution in [0.1, 0.15) is 30.2 Å². The van der Waals surface area contributed by atoms with Crippen molar-refractivity contribution in [3.63, 3.8) is 0 Å². The smallest absolute Gasteiger partial charge is 0.303 e. The zero-order valence-electron chi connectivity index (χ0n) is 7.25. The maximum absolute atomic E-state index is 10.3. The Morgan fingerprint density at radius 2 is 2.38 bits per heavy atom. The highest BCUT2D eigenvalue weighted by Crippen LogP contribution is 2.22. The van der Waals surface area contributed by atoms with E-state index in [1.54, 1.807) is 0 Å². The number of carboxylic acids is 1. The van der Waals surface area contributed by atoms with E-state index in [1.165, 1.54) is 0 Å². The molecule has 0 saturated heterocycles. The fraction of sp³-hybridized carbons (Fsp3) is 0.556. The van der Waals surface area contributed by atoms with Gasteiger partial charge in [0.1, 0.15) is 5.76 Å². The number of hydrogen-bond acceptors (Lipinski definition) is 3. The third kappa shape index (κ3) is 1.71. The van der Waals surface area contributed by atoms with Gasteiger partial charge in [-0.15, -0.1) is 0 Å². The number of carboxylic acid groups (broad SMARTS) is 1. The van der Waals surface area contributed by atoms with E-state index in [4.69, 9.17) is 9.52 Å². The summed E-state index contributed by atoms with van der Waals surface area (Å²) in [7, 11) is 0. The van der Waals surface area contributed by atoms with Crippen molar-refractivity contribution in [3.05, 3.63) is 17.3 Å². The molecular formula is C9H11NO3. The quantitative estimate of drug-likeness (QED) is 0.760. The van der Waals surface area contributed by atoms with Crippen LogP contribution in [0.15, 0.2) is 4.42 Å². The minimum Gasteiger partial charge on any atom is -0.481 e. The van der Waals surface area contributed by atoms with Crippen molar-refractivity contribution in [1.82, 2.24) is 4.98 Å². The highest BCUT2D eigenvalue weighted by molar-refractivity contribution is 5.66. The molecule has 1 N–H and O–H groups in total. The molecule has 4 nitrogen and oxygen atoms in total. The van der Waals surface area contributed by atoms with Gasteiger partial charge in [-0.2, -0.15) is 0 Å². The molecule has 13 heavy (non-hydrogen) atoms. The van der Waals surface area contributed by atoms with E-state index in [1.807, 2.05) is 0 Å². The van der Waals surface area contributed by atoms with Gasteiger partial charge in [-0.3, -0.25) is 4.79 Å². The van der Waals surface area contributed by atoms with Gasteiger partial charge in [-0.25, -0.2) is 4.98 Å². The topological polar surface area (TPSA) is 63.3 Å². The number of aliphatic carboxylic acids is 1. The second-order valence-electron chi connectivity index (χ2n) is 3.22. The first-order chi connectivity index (χ1) is 6.25. The van der Waals surface area contributed by atoms with Crippen LogP contribution < -0.4 is 0 Å². The molecule has 4 heteroatoms. The molecular weight excluding hydrogens is 170 g/mol. The van der Waals surface area contributed by atoms with Crippen molar-refractivity contribution < 1.29 is 14.3 Å². The van der Waals surface area contributed by atoms with Crippen molar-refractivity contribution in [2.24, 2.45) is 0 Å². The van der Waals surface area contributed by atoms with Gasteiger partial charge >= 0.3 is 5.97 Å². The molecule has 1 aromatic rings. The SMILES string of the molecule is O=C(O)CCc1nc2c(o1)CCC2. The molecule has 0 spiro atoms. The highest BCUT2D eigenvalue weighted by atomic mass is 16.4. The number of hydrogen-bond donors (Lipinski definition) is 1. The summed E-state index contributed by atoms with van der Waals surface area (Å²) >= 11 is 0. The normalized spacial score (nSPS) is 14.5. The van der Waals surface area contributed by atoms with Gasteiger partial charge in [0.05, 0.1) is 12.1 Å². The van der Waals surface area contributed by atoms with E-state index in [0.29, 0.717) is 12.3 Å². The first-order valence-corrected chi connectivity index (χ1v) is 4.45. The molecule has 0 bridgehead atoms. The monoisotopic (exact) mass is 181 g/mol. The van der Waals surface area contributed by atoms with Crippen molar-refractivity contribution in [2.45, 2.75) is 32.1 Å². The van der Waals surface area contributed by atoms with E-state index in [2.05, 4.69) is 4.98 Å². The Balaban J connectivity index is 2.02. The molecule has 0 aromatic carbocycles. The number of rotatable bonds is 3. The average Bonchev–Trinajstić information content (AvgIpc) is 2.58. The summed E-state index contributed by atoms with van der Waals surface area (Å²) < 4.78 is 5.40. The lowest BCUT2D eigenvalue weighted by atomic mass is 10.3. The molecule has 0 atom stereocenters. The predicted octanol–water partition coefficient (Wildman–Crippen LogP) is 1.18. The lowest BCUT2D eigenvalue weighted by molar-refractivity contribution is -0.137. The number of oxazole rings is 1. The predicted molar refractivity (Wildman–Crippen MR) is 44.5 cm³/mol. The number of carbonyl (C=O) groups is 1. The van der Waals surface area contributed by atoms with E-state index < -0.39 is 5.97 Å². The van der Waals surface area contributed by atoms with Crippen LogP contribution in [-0.4, -0.2) is 16.1 Å². The van der Waals surface area contributed by atoms with Crippen LogP contribution in [0.2, 0.25) is 0 Å². The van der Waals surface area contributed by atoms with Gasteiger partial charge in [0, 0.05) is 12.8 Å². The summed E-state index contributed by atoms with van der Waals surface area (Å²) in [5.74, 6) is 0.728. The standard InChI is InChI=1S/C9H11NO3/c11-9(12)5-4-8-10-6-2-1-3-7(6)13-8/h1-5H2,(H,11,12). The van der Waals surface area contributed by atoms with Crippen molar-refractivity contribution in [1.29, 1.82) is 0 Å². The first-order valence-electron chi connectivity index (χ1n) is 4.45. The van der Waals surface area contributed by atoms with Crippen molar-refractivity contribution in [3.8, 4) is 0 Å². The summed E-state index contributed by atoms with van der Waals surface area (Å²) in [6.07, 6.45) is 3.55. The Kier molecular flexibility index (Phi) is 2.04. The second-order valence-corrected chi connectivity index (χ2v) is 3.22. The van der Waals surface area contributed by atoms with Crippen LogP contribution >= 0.6 is 0 Å². The average molecular weight is 181 g/mol. The van der Waals surface area contributed by atoms with Gasteiger partial charge in [0.25, 0.3) is 0 Å². The summed E-state index contributed by atoms with van der Waals surface area (Å²) in [5, 5.41) is 8.45. The Bertz CT molecular complexity index is 308. The molecule has 0 radical (unpaired) electrons. The molecule has 1 aromatic heterocycles. The fourth-order valence-corrected chi connectivity index (χ4v) is 1.56. The molecule has 0 fully saturated rings. The first kappa shape index (κ1) is 8.29. The Morgan fingerprint density at radius 3 is 3.08 bits per heavy atom. The molecule has 1 aliphatic carbocycles. The molecule has 1 heterocycles. The zero-order valence-corrected chi connectivity index (χ0v) is 7.25. The molecule has 0 saturated carbocycles. The minimum atomic E-state index is -0.807. The summed E-state index contributed by atoms with van der Waals surface area (Å²) in [5.41, 5.74) is 1.03. The molecule has 0 unspecified atom stereocenters. The van der Waals surface area contributed by atoms with Gasteiger partial charge in [-0.05, 0) is 12.8 Å². The number of nitrogens with zero attached hydrogens (tertiary/aromatic N) is 1. The van der Waals surface area contributed by atoms with Crippen LogP contribution in [0.25, 0.3) is 0 Å². The van der Waals surface area contributed by atoms with Gasteiger partial charge in [-0.1, -0.05) is 0 Å². The van der Waals surface area contributed by atoms with E-state index in [9.17, 15) is 4.79 Å². The third-order valence-corrected chi connectivity index (χ3v) is 2.19. The van der Waals surface area contributed by atoms with Gasteiger partial charge in [0.2, 0.25) is 0 Å². The van der Waals surface area contributed by atoms with Crippen LogP contribution in [0.4, 0.5) is 0 Å². The third-order valence-electron chi connectivity index (χ3n) is 2.19. The maximum Gasteiger partial charge on any atom is 0.303 e. The number of aromatic nitrogens is 1. The maximum atomic E-state index is 10.3. The molecule has 0 aliphatic heterocycles. The highest BCUT2D eigenvalue weighted by Gasteiger charge is 2.18. The Morgan fingerprint density at radius 1 is 1.54 bits per heavy atom. The minimum absolute atomic E-state index is 0.0966. The summed E-state index contributed by atoms with van der Waals surface area (Å²) in [6.45, 7) is 0. The molecule has 70 valence electrons. The van der Waals surface area contributed by atoms with E-state index in [0.717, 1.165) is 30.7 Å². The number of fused-ring (bicyclic) bond motifs is 1. The molecule has 1 aliphatic rings. The van der Waals surface area contributed by atoms with Crippen molar-refractivity contribution in [2.75, 3.05) is 0 Å². The van der Waals surface area contributed by atoms with Crippen LogP contribution in [0.3, 0.4) is 0 Å². The van der Waals surface area contributed by atoms with E-state index >= 15 is 0 Å². The van der Waals surface area contributed by atoms with E-state index in [-0.39, 0.29) is 6.42 Å². The second kappa shape index (κ2) is 3.20. The van der Waals surface area contributed by atoms with Crippen molar-refractivity contribution >= 4 is 5.97 Å². The molecule has 2 rings (SSSR count). The Labute approximate surface area is 75.6 Å². The molecule has 0 amide bonds. The van der Waals surface area contributed by atoms with Crippen LogP contribution in [0, 0.1) is 0 Å². The van der Waals surface area contributed by atoms with Gasteiger partial charge in [0.15, 0.2) is 5.89 Å². The lowest BCUT2D eigenvalue weighted by Gasteiger charge is -1.91. The van der Waals surface area contributed by atoms with Crippen LogP contribution in [-0.2, 0) is 24.1 Å². The zero-order chi connectivity index (χ0) is 9.26. The summed E-state index contributed by atoms with van der Waals surface area (Å²) in [6, 6.07) is 0. The number of aryl methyl sites for hydroxylation is 3. The fourth-order valence-electron chi connectivity index (χ4n) is 1.56. The summed E-state index contributed by atoms with van der Waals surface area (Å²) in [4.78, 5) is 14.5. The van der Waals surface area contributed by atoms with Crippen LogP contribution in [0.5, 0.6) is 0 Å².